The normalized spacial score (nSPS) is 9.18. The van der Waals surface area contributed by atoms with Crippen LogP contribution in [0.15, 0.2) is 31.4 Å². The molecular formula is C10H9I. The van der Waals surface area contributed by atoms with E-state index in [1.807, 2.05) is 24.3 Å². The topological polar surface area (TPSA) is 0 Å². The van der Waals surface area contributed by atoms with Gasteiger partial charge in [0.2, 0.25) is 0 Å². The van der Waals surface area contributed by atoms with E-state index in [9.17, 15) is 0 Å². The van der Waals surface area contributed by atoms with Gasteiger partial charge < -0.3 is 0 Å². The largest absolute Gasteiger partial charge is 0.0984 e. The molecule has 1 aromatic carbocycles. The Labute approximate surface area is 80.8 Å². The van der Waals surface area contributed by atoms with E-state index in [0.717, 1.165) is 5.56 Å². The molecule has 0 aliphatic rings. The Balaban J connectivity index is 3.35. The summed E-state index contributed by atoms with van der Waals surface area (Å²) < 4.78 is 1.22. The first-order valence-electron chi connectivity index (χ1n) is 3.33. The molecule has 0 bridgehead atoms. The summed E-state index contributed by atoms with van der Waals surface area (Å²) in [5.74, 6) is 0. The van der Waals surface area contributed by atoms with Crippen LogP contribution in [0.4, 0.5) is 0 Å². The van der Waals surface area contributed by atoms with Crippen LogP contribution in [-0.2, 0) is 0 Å². The molecule has 0 aliphatic heterocycles. The summed E-state index contributed by atoms with van der Waals surface area (Å²) in [5.41, 5.74) is 2.31. The van der Waals surface area contributed by atoms with Crippen molar-refractivity contribution < 1.29 is 0 Å². The highest BCUT2D eigenvalue weighted by Gasteiger charge is 1.97. The fourth-order valence-corrected chi connectivity index (χ4v) is 1.69. The lowest BCUT2D eigenvalue weighted by Gasteiger charge is -2.01. The van der Waals surface area contributed by atoms with Crippen LogP contribution in [-0.4, -0.2) is 0 Å². The zero-order valence-electron chi connectivity index (χ0n) is 6.18. The molecule has 0 nitrogen and oxygen atoms in total. The second-order valence-electron chi connectivity index (χ2n) is 2.15. The van der Waals surface area contributed by atoms with Crippen LogP contribution in [0.3, 0.4) is 0 Å². The fourth-order valence-electron chi connectivity index (χ4n) is 0.947. The molecule has 11 heavy (non-hydrogen) atoms. The monoisotopic (exact) mass is 256 g/mol. The van der Waals surface area contributed by atoms with E-state index in [1.165, 1.54) is 9.13 Å². The first-order chi connectivity index (χ1) is 5.29. The molecule has 1 heteroatoms. The van der Waals surface area contributed by atoms with E-state index in [4.69, 9.17) is 0 Å². The fraction of sp³-hybridized carbons (Fsp3) is 0. The van der Waals surface area contributed by atoms with E-state index in [0.29, 0.717) is 0 Å². The average molecular weight is 256 g/mol. The van der Waals surface area contributed by atoms with Gasteiger partial charge >= 0.3 is 0 Å². The van der Waals surface area contributed by atoms with Crippen molar-refractivity contribution in [3.8, 4) is 0 Å². The minimum absolute atomic E-state index is 1.15. The van der Waals surface area contributed by atoms with Crippen molar-refractivity contribution in [2.24, 2.45) is 0 Å². The predicted octanol–water partition coefficient (Wildman–Crippen LogP) is 3.58. The third-order valence-corrected chi connectivity index (χ3v) is 2.45. The summed E-state index contributed by atoms with van der Waals surface area (Å²) in [7, 11) is 0. The molecular weight excluding hydrogens is 247 g/mol. The van der Waals surface area contributed by atoms with Gasteiger partial charge in [0.1, 0.15) is 0 Å². The summed E-state index contributed by atoms with van der Waals surface area (Å²) in [6.07, 6.45) is 3.71. The third-order valence-electron chi connectivity index (χ3n) is 1.51. The summed E-state index contributed by atoms with van der Waals surface area (Å²) in [6, 6.07) is 6.11. The minimum Gasteiger partial charge on any atom is -0.0984 e. The molecule has 0 saturated heterocycles. The van der Waals surface area contributed by atoms with Gasteiger partial charge in [-0.3, -0.25) is 0 Å². The zero-order chi connectivity index (χ0) is 8.27. The van der Waals surface area contributed by atoms with Crippen molar-refractivity contribution in [3.63, 3.8) is 0 Å². The van der Waals surface area contributed by atoms with Gasteiger partial charge in [-0.25, -0.2) is 0 Å². The van der Waals surface area contributed by atoms with E-state index >= 15 is 0 Å². The molecule has 0 unspecified atom stereocenters. The molecule has 0 aromatic heterocycles. The Morgan fingerprint density at radius 3 is 2.36 bits per heavy atom. The highest BCUT2D eigenvalue weighted by Crippen LogP contribution is 2.18. The molecule has 0 saturated carbocycles. The second-order valence-corrected chi connectivity index (χ2v) is 3.31. The Hall–Kier alpha value is -0.570. The van der Waals surface area contributed by atoms with Gasteiger partial charge in [0.15, 0.2) is 0 Å². The highest BCUT2D eigenvalue weighted by molar-refractivity contribution is 14.1. The van der Waals surface area contributed by atoms with Crippen LogP contribution in [0.25, 0.3) is 12.2 Å². The SMILES string of the molecule is C=Cc1cccc(I)c1C=C. The zero-order valence-corrected chi connectivity index (χ0v) is 8.34. The first kappa shape index (κ1) is 8.53. The van der Waals surface area contributed by atoms with E-state index < -0.39 is 0 Å². The molecule has 1 aromatic rings. The number of benzene rings is 1. The molecule has 0 heterocycles. The summed E-state index contributed by atoms with van der Waals surface area (Å²) in [4.78, 5) is 0. The molecule has 0 fully saturated rings. The highest BCUT2D eigenvalue weighted by atomic mass is 127. The van der Waals surface area contributed by atoms with Gasteiger partial charge in [-0.1, -0.05) is 37.4 Å². The Morgan fingerprint density at radius 2 is 1.91 bits per heavy atom. The summed E-state index contributed by atoms with van der Waals surface area (Å²) in [6.45, 7) is 7.48. The standard InChI is InChI=1S/C10H9I/c1-3-8-6-5-7-10(11)9(8)4-2/h3-7H,1-2H2. The van der Waals surface area contributed by atoms with Crippen LogP contribution in [0, 0.1) is 3.57 Å². The first-order valence-corrected chi connectivity index (χ1v) is 4.41. The van der Waals surface area contributed by atoms with Gasteiger partial charge in [-0.05, 0) is 39.8 Å². The van der Waals surface area contributed by atoms with Crippen molar-refractivity contribution in [2.45, 2.75) is 0 Å². The lowest BCUT2D eigenvalue weighted by Crippen LogP contribution is -1.83. The molecule has 1 rings (SSSR count). The number of halogens is 1. The Morgan fingerprint density at radius 1 is 1.18 bits per heavy atom. The smallest absolute Gasteiger partial charge is 0.0208 e. The van der Waals surface area contributed by atoms with Crippen molar-refractivity contribution in [3.05, 3.63) is 46.1 Å². The van der Waals surface area contributed by atoms with Gasteiger partial charge in [-0.15, -0.1) is 0 Å². The lowest BCUT2D eigenvalue weighted by atomic mass is 10.1. The summed E-state index contributed by atoms with van der Waals surface area (Å²) >= 11 is 2.29. The van der Waals surface area contributed by atoms with Crippen LogP contribution in [0.2, 0.25) is 0 Å². The molecule has 0 amide bonds. The van der Waals surface area contributed by atoms with Crippen molar-refractivity contribution in [1.82, 2.24) is 0 Å². The Kier molecular flexibility index (Phi) is 2.88. The van der Waals surface area contributed by atoms with Crippen LogP contribution in [0.5, 0.6) is 0 Å². The van der Waals surface area contributed by atoms with Gasteiger partial charge in [0, 0.05) is 3.57 Å². The molecule has 0 atom stereocenters. The van der Waals surface area contributed by atoms with Crippen LogP contribution < -0.4 is 0 Å². The summed E-state index contributed by atoms with van der Waals surface area (Å²) in [5, 5.41) is 0. The van der Waals surface area contributed by atoms with E-state index in [2.05, 4.69) is 41.8 Å². The molecule has 0 spiro atoms. The van der Waals surface area contributed by atoms with Gasteiger partial charge in [0.25, 0.3) is 0 Å². The molecule has 0 aliphatic carbocycles. The lowest BCUT2D eigenvalue weighted by molar-refractivity contribution is 1.56. The number of hydrogen-bond acceptors (Lipinski definition) is 0. The maximum Gasteiger partial charge on any atom is 0.0208 e. The predicted molar refractivity (Wildman–Crippen MR) is 59.3 cm³/mol. The van der Waals surface area contributed by atoms with Gasteiger partial charge in [0.05, 0.1) is 0 Å². The van der Waals surface area contributed by atoms with Crippen LogP contribution in [0.1, 0.15) is 11.1 Å². The van der Waals surface area contributed by atoms with E-state index in [-0.39, 0.29) is 0 Å². The molecule has 0 radical (unpaired) electrons. The minimum atomic E-state index is 1.15. The van der Waals surface area contributed by atoms with Crippen molar-refractivity contribution >= 4 is 34.7 Å². The van der Waals surface area contributed by atoms with Crippen LogP contribution >= 0.6 is 22.6 Å². The maximum atomic E-state index is 3.75. The van der Waals surface area contributed by atoms with E-state index in [1.54, 1.807) is 0 Å². The molecule has 56 valence electrons. The number of hydrogen-bond donors (Lipinski definition) is 0. The van der Waals surface area contributed by atoms with Crippen molar-refractivity contribution in [2.75, 3.05) is 0 Å². The third kappa shape index (κ3) is 1.71. The molecule has 0 N–H and O–H groups in total. The van der Waals surface area contributed by atoms with Gasteiger partial charge in [-0.2, -0.15) is 0 Å². The quantitative estimate of drug-likeness (QED) is 0.709. The van der Waals surface area contributed by atoms with Crippen molar-refractivity contribution in [1.29, 1.82) is 0 Å². The average Bonchev–Trinajstić information content (AvgIpc) is 2.04. The maximum absolute atomic E-state index is 3.75. The Bertz CT molecular complexity index is 287. The second kappa shape index (κ2) is 3.72. The number of rotatable bonds is 2.